The summed E-state index contributed by atoms with van der Waals surface area (Å²) in [4.78, 5) is 0. The average Bonchev–Trinajstić information content (AvgIpc) is 3.02. The van der Waals surface area contributed by atoms with Gasteiger partial charge in [0.2, 0.25) is 0 Å². The topological polar surface area (TPSA) is 47.3 Å². The number of nitrogens with two attached hydrogens (primary N) is 1. The van der Waals surface area contributed by atoms with E-state index < -0.39 is 0 Å². The fourth-order valence-corrected chi connectivity index (χ4v) is 2.34. The predicted molar refractivity (Wildman–Crippen MR) is 77.0 cm³/mol. The third-order valence-electron chi connectivity index (χ3n) is 3.35. The first-order valence-corrected chi connectivity index (χ1v) is 6.93. The fraction of sp³-hybridized carbons (Fsp3) is 0.600. The van der Waals surface area contributed by atoms with Gasteiger partial charge < -0.3 is 15.8 Å². The van der Waals surface area contributed by atoms with Crippen LogP contribution in [0.2, 0.25) is 0 Å². The zero-order valence-corrected chi connectivity index (χ0v) is 11.6. The number of rotatable bonds is 6. The van der Waals surface area contributed by atoms with E-state index in [4.69, 9.17) is 10.5 Å². The monoisotopic (exact) mass is 248 g/mol. The molecule has 3 heteroatoms. The van der Waals surface area contributed by atoms with Crippen molar-refractivity contribution in [2.75, 3.05) is 11.1 Å². The normalized spacial score (nSPS) is 22.0. The van der Waals surface area contributed by atoms with E-state index in [1.165, 1.54) is 19.3 Å². The van der Waals surface area contributed by atoms with Crippen LogP contribution in [0.15, 0.2) is 18.2 Å². The molecule has 1 aliphatic carbocycles. The molecule has 3 N–H and O–H groups in total. The summed E-state index contributed by atoms with van der Waals surface area (Å²) in [5.74, 6) is 1.60. The predicted octanol–water partition coefficient (Wildman–Crippen LogP) is 3.66. The van der Waals surface area contributed by atoms with Crippen molar-refractivity contribution in [1.82, 2.24) is 0 Å². The third-order valence-corrected chi connectivity index (χ3v) is 3.35. The number of benzene rings is 1. The van der Waals surface area contributed by atoms with Crippen molar-refractivity contribution < 1.29 is 4.74 Å². The summed E-state index contributed by atoms with van der Waals surface area (Å²) in [6, 6.07) is 6.55. The first-order chi connectivity index (χ1) is 8.61. The maximum Gasteiger partial charge on any atom is 0.144 e. The van der Waals surface area contributed by atoms with Gasteiger partial charge in [-0.15, -0.1) is 0 Å². The van der Waals surface area contributed by atoms with Gasteiger partial charge in [-0.1, -0.05) is 19.4 Å². The van der Waals surface area contributed by atoms with E-state index in [1.54, 1.807) is 0 Å². The number of nitrogen functional groups attached to an aromatic ring is 1. The highest BCUT2D eigenvalue weighted by Gasteiger charge is 2.36. The number of hydrogen-bond donors (Lipinski definition) is 2. The molecular formula is C15H24N2O. The van der Waals surface area contributed by atoms with E-state index in [2.05, 4.69) is 12.2 Å². The SMILES string of the molecule is CCCC1CC1Nc1cccc(OC(C)C)c1N. The molecule has 0 saturated heterocycles. The Morgan fingerprint density at radius 1 is 1.44 bits per heavy atom. The molecule has 2 atom stereocenters. The number of anilines is 2. The van der Waals surface area contributed by atoms with Gasteiger partial charge in [0.05, 0.1) is 17.5 Å². The zero-order valence-electron chi connectivity index (χ0n) is 11.6. The lowest BCUT2D eigenvalue weighted by molar-refractivity contribution is 0.244. The van der Waals surface area contributed by atoms with Crippen LogP contribution in [0, 0.1) is 5.92 Å². The van der Waals surface area contributed by atoms with E-state index in [9.17, 15) is 0 Å². The summed E-state index contributed by atoms with van der Waals surface area (Å²) >= 11 is 0. The summed E-state index contributed by atoms with van der Waals surface area (Å²) in [6.45, 7) is 6.26. The van der Waals surface area contributed by atoms with Crippen LogP contribution in [-0.4, -0.2) is 12.1 Å². The van der Waals surface area contributed by atoms with Crippen LogP contribution in [0.1, 0.15) is 40.0 Å². The van der Waals surface area contributed by atoms with Crippen LogP contribution >= 0.6 is 0 Å². The van der Waals surface area contributed by atoms with Crippen LogP contribution in [0.3, 0.4) is 0 Å². The van der Waals surface area contributed by atoms with E-state index in [0.717, 1.165) is 23.0 Å². The molecule has 1 fully saturated rings. The molecule has 1 aliphatic rings. The van der Waals surface area contributed by atoms with Crippen molar-refractivity contribution in [2.45, 2.75) is 52.2 Å². The highest BCUT2D eigenvalue weighted by molar-refractivity contribution is 5.73. The summed E-state index contributed by atoms with van der Waals surface area (Å²) in [6.07, 6.45) is 3.98. The van der Waals surface area contributed by atoms with E-state index >= 15 is 0 Å². The maximum absolute atomic E-state index is 6.14. The van der Waals surface area contributed by atoms with Gasteiger partial charge in [-0.05, 0) is 44.7 Å². The van der Waals surface area contributed by atoms with Gasteiger partial charge in [-0.3, -0.25) is 0 Å². The molecule has 0 amide bonds. The molecule has 2 unspecified atom stereocenters. The van der Waals surface area contributed by atoms with Crippen LogP contribution in [0.5, 0.6) is 5.75 Å². The second kappa shape index (κ2) is 5.51. The lowest BCUT2D eigenvalue weighted by Gasteiger charge is -2.15. The number of nitrogens with one attached hydrogen (secondary N) is 1. The van der Waals surface area contributed by atoms with Crippen LogP contribution < -0.4 is 15.8 Å². The van der Waals surface area contributed by atoms with Gasteiger partial charge in [0.1, 0.15) is 5.75 Å². The molecule has 0 bridgehead atoms. The Morgan fingerprint density at radius 3 is 2.89 bits per heavy atom. The lowest BCUT2D eigenvalue weighted by Crippen LogP contribution is -2.11. The minimum atomic E-state index is 0.149. The highest BCUT2D eigenvalue weighted by atomic mass is 16.5. The molecule has 0 radical (unpaired) electrons. The van der Waals surface area contributed by atoms with Gasteiger partial charge in [0.25, 0.3) is 0 Å². The third kappa shape index (κ3) is 3.09. The van der Waals surface area contributed by atoms with Crippen molar-refractivity contribution in [1.29, 1.82) is 0 Å². The molecule has 0 aliphatic heterocycles. The van der Waals surface area contributed by atoms with Crippen molar-refractivity contribution >= 4 is 11.4 Å². The lowest BCUT2D eigenvalue weighted by atomic mass is 10.2. The molecule has 0 heterocycles. The van der Waals surface area contributed by atoms with Gasteiger partial charge in [0, 0.05) is 6.04 Å². The highest BCUT2D eigenvalue weighted by Crippen LogP contribution is 2.40. The second-order valence-electron chi connectivity index (χ2n) is 5.42. The Morgan fingerprint density at radius 2 is 2.22 bits per heavy atom. The Kier molecular flexibility index (Phi) is 4.00. The minimum Gasteiger partial charge on any atom is -0.489 e. The number of hydrogen-bond acceptors (Lipinski definition) is 3. The summed E-state index contributed by atoms with van der Waals surface area (Å²) < 4.78 is 5.70. The molecule has 1 aromatic rings. The zero-order chi connectivity index (χ0) is 13.1. The standard InChI is InChI=1S/C15H24N2O/c1-4-6-11-9-13(11)17-12-7-5-8-14(15(12)16)18-10(2)3/h5,7-8,10-11,13,17H,4,6,9,16H2,1-3H3. The fourth-order valence-electron chi connectivity index (χ4n) is 2.34. The average molecular weight is 248 g/mol. The molecule has 1 aromatic carbocycles. The smallest absolute Gasteiger partial charge is 0.144 e. The van der Waals surface area contributed by atoms with Gasteiger partial charge in [-0.25, -0.2) is 0 Å². The van der Waals surface area contributed by atoms with Crippen LogP contribution in [0.4, 0.5) is 11.4 Å². The van der Waals surface area contributed by atoms with Gasteiger partial charge in [-0.2, -0.15) is 0 Å². The van der Waals surface area contributed by atoms with E-state index in [0.29, 0.717) is 6.04 Å². The Labute approximate surface area is 110 Å². The summed E-state index contributed by atoms with van der Waals surface area (Å²) in [7, 11) is 0. The van der Waals surface area contributed by atoms with Crippen LogP contribution in [0.25, 0.3) is 0 Å². The number of ether oxygens (including phenoxy) is 1. The largest absolute Gasteiger partial charge is 0.489 e. The molecule has 0 aromatic heterocycles. The quantitative estimate of drug-likeness (QED) is 0.755. The van der Waals surface area contributed by atoms with Crippen molar-refractivity contribution in [3.63, 3.8) is 0 Å². The van der Waals surface area contributed by atoms with Crippen molar-refractivity contribution in [3.05, 3.63) is 18.2 Å². The molecule has 0 spiro atoms. The molecule has 100 valence electrons. The molecule has 3 nitrogen and oxygen atoms in total. The van der Waals surface area contributed by atoms with E-state index in [1.807, 2.05) is 32.0 Å². The first kappa shape index (κ1) is 13.1. The first-order valence-electron chi connectivity index (χ1n) is 6.93. The van der Waals surface area contributed by atoms with Gasteiger partial charge >= 0.3 is 0 Å². The Bertz CT molecular complexity index is 403. The minimum absolute atomic E-state index is 0.149. The van der Waals surface area contributed by atoms with Crippen molar-refractivity contribution in [2.24, 2.45) is 5.92 Å². The molecule has 18 heavy (non-hydrogen) atoms. The molecule has 2 rings (SSSR count). The van der Waals surface area contributed by atoms with E-state index in [-0.39, 0.29) is 6.10 Å². The number of para-hydroxylation sites is 1. The summed E-state index contributed by atoms with van der Waals surface area (Å²) in [5, 5.41) is 3.53. The maximum atomic E-state index is 6.14. The molecule has 1 saturated carbocycles. The van der Waals surface area contributed by atoms with Crippen molar-refractivity contribution in [3.8, 4) is 5.75 Å². The Balaban J connectivity index is 2.01. The summed E-state index contributed by atoms with van der Waals surface area (Å²) in [5.41, 5.74) is 7.88. The van der Waals surface area contributed by atoms with Crippen LogP contribution in [-0.2, 0) is 0 Å². The Hall–Kier alpha value is -1.38. The molecular weight excluding hydrogens is 224 g/mol. The van der Waals surface area contributed by atoms with Gasteiger partial charge in [0.15, 0.2) is 0 Å². The second-order valence-corrected chi connectivity index (χ2v) is 5.42.